The second-order valence-electron chi connectivity index (χ2n) is 5.15. The van der Waals surface area contributed by atoms with Gasteiger partial charge < -0.3 is 10.0 Å². The van der Waals surface area contributed by atoms with Crippen LogP contribution < -0.4 is 10.0 Å². The first kappa shape index (κ1) is 18.7. The number of hydrogen-bond acceptors (Lipinski definition) is 5. The summed E-state index contributed by atoms with van der Waals surface area (Å²) in [6.07, 6.45) is 2.95. The average molecular weight is 413 g/mol. The fraction of sp³-hybridized carbons (Fsp3) is 0.0588. The minimum Gasteiger partial charge on any atom is -0.380 e. The minimum absolute atomic E-state index is 0.122. The van der Waals surface area contributed by atoms with Crippen LogP contribution in [0.1, 0.15) is 5.56 Å². The first-order valence-corrected chi connectivity index (χ1v) is 8.96. The van der Waals surface area contributed by atoms with Crippen LogP contribution in [0, 0.1) is 11.6 Å². The Hall–Kier alpha value is -2.09. The molecule has 1 heterocycles. The predicted molar refractivity (Wildman–Crippen MR) is 102 cm³/mol. The normalized spacial score (nSPS) is 10.6. The van der Waals surface area contributed by atoms with Gasteiger partial charge in [-0.15, -0.1) is 0 Å². The van der Waals surface area contributed by atoms with Crippen molar-refractivity contribution in [1.29, 1.82) is 0 Å². The van der Waals surface area contributed by atoms with Crippen molar-refractivity contribution in [2.75, 3.05) is 10.0 Å². The lowest BCUT2D eigenvalue weighted by Crippen LogP contribution is -2.03. The van der Waals surface area contributed by atoms with E-state index in [1.165, 1.54) is 36.7 Å². The maximum absolute atomic E-state index is 14.3. The van der Waals surface area contributed by atoms with Crippen LogP contribution in [-0.4, -0.2) is 9.97 Å². The van der Waals surface area contributed by atoms with Crippen LogP contribution in [0.15, 0.2) is 53.8 Å². The van der Waals surface area contributed by atoms with E-state index in [-0.39, 0.29) is 6.54 Å². The number of nitrogens with one attached hydrogen (secondary N) is 2. The molecule has 0 saturated carbocycles. The molecule has 3 rings (SSSR count). The van der Waals surface area contributed by atoms with Crippen molar-refractivity contribution in [2.24, 2.45) is 0 Å². The van der Waals surface area contributed by atoms with E-state index in [0.717, 1.165) is 11.9 Å². The molecule has 26 heavy (non-hydrogen) atoms. The smallest absolute Gasteiger partial charge is 0.140 e. The molecular formula is C17H12Cl2F2N4S. The molecule has 0 spiro atoms. The number of halogens is 4. The van der Waals surface area contributed by atoms with Gasteiger partial charge in [0.25, 0.3) is 0 Å². The third-order valence-corrected chi connectivity index (χ3v) is 4.74. The highest BCUT2D eigenvalue weighted by molar-refractivity contribution is 8.00. The van der Waals surface area contributed by atoms with E-state index in [9.17, 15) is 8.78 Å². The van der Waals surface area contributed by atoms with E-state index >= 15 is 0 Å². The van der Waals surface area contributed by atoms with Crippen LogP contribution in [0.25, 0.3) is 0 Å². The molecule has 0 radical (unpaired) electrons. The molecular weight excluding hydrogens is 401 g/mol. The number of benzene rings is 2. The third kappa shape index (κ3) is 4.75. The predicted octanol–water partition coefficient (Wildman–Crippen LogP) is 5.79. The molecule has 0 amide bonds. The molecule has 0 saturated heterocycles. The number of rotatable bonds is 6. The van der Waals surface area contributed by atoms with Gasteiger partial charge in [-0.1, -0.05) is 23.2 Å². The largest absolute Gasteiger partial charge is 0.380 e. The van der Waals surface area contributed by atoms with Gasteiger partial charge in [0, 0.05) is 23.3 Å². The van der Waals surface area contributed by atoms with Gasteiger partial charge in [-0.2, -0.15) is 0 Å². The van der Waals surface area contributed by atoms with Crippen LogP contribution >= 0.6 is 35.1 Å². The molecule has 0 aliphatic rings. The summed E-state index contributed by atoms with van der Waals surface area (Å²) in [5.41, 5.74) is 0.716. The van der Waals surface area contributed by atoms with Gasteiger partial charge >= 0.3 is 0 Å². The van der Waals surface area contributed by atoms with Gasteiger partial charge in [-0.25, -0.2) is 18.7 Å². The SMILES string of the molecule is Fc1ccc(Cl)cc1CNc1cc(F)c(SNc2ccncn2)cc1Cl. The average Bonchev–Trinajstić information content (AvgIpc) is 2.64. The molecule has 4 nitrogen and oxygen atoms in total. The van der Waals surface area contributed by atoms with Crippen molar-refractivity contribution in [2.45, 2.75) is 11.4 Å². The van der Waals surface area contributed by atoms with Crippen LogP contribution in [-0.2, 0) is 6.54 Å². The Balaban J connectivity index is 1.69. The Morgan fingerprint density at radius 2 is 1.88 bits per heavy atom. The molecule has 0 bridgehead atoms. The van der Waals surface area contributed by atoms with E-state index in [2.05, 4.69) is 20.0 Å². The lowest BCUT2D eigenvalue weighted by Gasteiger charge is -2.12. The number of hydrogen-bond donors (Lipinski definition) is 2. The van der Waals surface area contributed by atoms with E-state index in [1.807, 2.05) is 0 Å². The topological polar surface area (TPSA) is 49.8 Å². The van der Waals surface area contributed by atoms with Crippen molar-refractivity contribution < 1.29 is 8.78 Å². The summed E-state index contributed by atoms with van der Waals surface area (Å²) in [6, 6.07) is 8.64. The van der Waals surface area contributed by atoms with Gasteiger partial charge in [0.05, 0.1) is 15.6 Å². The van der Waals surface area contributed by atoms with Crippen LogP contribution in [0.5, 0.6) is 0 Å². The Bertz CT molecular complexity index is 913. The number of anilines is 2. The lowest BCUT2D eigenvalue weighted by atomic mass is 10.2. The van der Waals surface area contributed by atoms with Crippen molar-refractivity contribution in [1.82, 2.24) is 9.97 Å². The quantitative estimate of drug-likeness (QED) is 0.501. The first-order valence-electron chi connectivity index (χ1n) is 7.38. The van der Waals surface area contributed by atoms with Gasteiger partial charge in [0.2, 0.25) is 0 Å². The van der Waals surface area contributed by atoms with E-state index in [4.69, 9.17) is 23.2 Å². The Labute approximate surface area is 163 Å². The molecule has 0 unspecified atom stereocenters. The van der Waals surface area contributed by atoms with Crippen molar-refractivity contribution in [3.63, 3.8) is 0 Å². The van der Waals surface area contributed by atoms with Crippen molar-refractivity contribution in [3.05, 3.63) is 76.2 Å². The van der Waals surface area contributed by atoms with Gasteiger partial charge in [-0.3, -0.25) is 0 Å². The second-order valence-corrected chi connectivity index (χ2v) is 6.84. The maximum Gasteiger partial charge on any atom is 0.140 e. The Morgan fingerprint density at radius 3 is 2.65 bits per heavy atom. The Kier molecular flexibility index (Phi) is 6.13. The molecule has 2 N–H and O–H groups in total. The highest BCUT2D eigenvalue weighted by Crippen LogP contribution is 2.32. The van der Waals surface area contributed by atoms with E-state index in [0.29, 0.717) is 32.0 Å². The van der Waals surface area contributed by atoms with Crippen LogP contribution in [0.3, 0.4) is 0 Å². The van der Waals surface area contributed by atoms with Crippen LogP contribution in [0.2, 0.25) is 10.0 Å². The highest BCUT2D eigenvalue weighted by atomic mass is 35.5. The molecule has 0 fully saturated rings. The zero-order valence-electron chi connectivity index (χ0n) is 13.1. The molecule has 2 aromatic carbocycles. The molecule has 134 valence electrons. The highest BCUT2D eigenvalue weighted by Gasteiger charge is 2.11. The molecule has 3 aromatic rings. The fourth-order valence-corrected chi connectivity index (χ4v) is 3.23. The summed E-state index contributed by atoms with van der Waals surface area (Å²) in [5.74, 6) is -0.339. The monoisotopic (exact) mass is 412 g/mol. The standard InChI is InChI=1S/C17H12Cl2F2N4S/c18-11-1-2-13(20)10(5-11)8-23-15-7-14(21)16(6-12(15)19)26-25-17-3-4-22-9-24-17/h1-7,9,23H,8H2,(H,22,24,25). The molecule has 1 aromatic heterocycles. The molecule has 9 heteroatoms. The first-order chi connectivity index (χ1) is 12.5. The molecule has 0 atom stereocenters. The minimum atomic E-state index is -0.477. The van der Waals surface area contributed by atoms with E-state index < -0.39 is 11.6 Å². The van der Waals surface area contributed by atoms with Gasteiger partial charge in [0.1, 0.15) is 23.8 Å². The van der Waals surface area contributed by atoms with Crippen LogP contribution in [0.4, 0.5) is 20.3 Å². The second kappa shape index (κ2) is 8.53. The van der Waals surface area contributed by atoms with Gasteiger partial charge in [-0.05, 0) is 48.3 Å². The molecule has 0 aliphatic carbocycles. The fourth-order valence-electron chi connectivity index (χ4n) is 2.07. The Morgan fingerprint density at radius 1 is 1.04 bits per heavy atom. The summed E-state index contributed by atoms with van der Waals surface area (Å²) < 4.78 is 31.0. The summed E-state index contributed by atoms with van der Waals surface area (Å²) >= 11 is 13.1. The summed E-state index contributed by atoms with van der Waals surface area (Å²) in [5, 5.41) is 3.64. The zero-order chi connectivity index (χ0) is 18.5. The zero-order valence-corrected chi connectivity index (χ0v) is 15.5. The number of aromatic nitrogens is 2. The summed E-state index contributed by atoms with van der Waals surface area (Å²) in [4.78, 5) is 8.09. The van der Waals surface area contributed by atoms with Gasteiger partial charge in [0.15, 0.2) is 0 Å². The maximum atomic E-state index is 14.3. The third-order valence-electron chi connectivity index (χ3n) is 3.35. The van der Waals surface area contributed by atoms with Crippen molar-refractivity contribution in [3.8, 4) is 0 Å². The lowest BCUT2D eigenvalue weighted by molar-refractivity contribution is 0.602. The summed E-state index contributed by atoms with van der Waals surface area (Å²) in [7, 11) is 0. The van der Waals surface area contributed by atoms with Crippen molar-refractivity contribution >= 4 is 46.7 Å². The van der Waals surface area contributed by atoms with E-state index in [1.54, 1.807) is 12.3 Å². The summed E-state index contributed by atoms with van der Waals surface area (Å²) in [6.45, 7) is 0.122. The molecule has 0 aliphatic heterocycles. The number of nitrogens with zero attached hydrogens (tertiary/aromatic N) is 2.